The third-order valence-corrected chi connectivity index (χ3v) is 8.50. The Hall–Kier alpha value is -4.63. The van der Waals surface area contributed by atoms with Gasteiger partial charge in [-0.3, -0.25) is 18.8 Å². The first-order valence-corrected chi connectivity index (χ1v) is 14.9. The number of piperazine rings is 1. The monoisotopic (exact) mass is 679 g/mol. The number of ether oxygens (including phenoxy) is 1. The van der Waals surface area contributed by atoms with Crippen molar-refractivity contribution in [2.45, 2.75) is 38.5 Å². The van der Waals surface area contributed by atoms with Crippen molar-refractivity contribution < 1.29 is 35.5 Å². The molecule has 0 saturated carbocycles. The second-order valence-electron chi connectivity index (χ2n) is 11.3. The molecule has 48 heavy (non-hydrogen) atoms. The first-order chi connectivity index (χ1) is 22.7. The Bertz CT molecular complexity index is 1910. The molecule has 1 saturated heterocycles. The molecule has 256 valence electrons. The van der Waals surface area contributed by atoms with E-state index in [4.69, 9.17) is 10.5 Å². The fourth-order valence-electron chi connectivity index (χ4n) is 5.93. The van der Waals surface area contributed by atoms with Crippen molar-refractivity contribution in [1.82, 2.24) is 14.0 Å². The zero-order chi connectivity index (χ0) is 34.9. The highest BCUT2D eigenvalue weighted by Gasteiger charge is 2.36. The van der Waals surface area contributed by atoms with E-state index in [0.717, 1.165) is 40.5 Å². The van der Waals surface area contributed by atoms with Gasteiger partial charge in [-0.15, -0.1) is 0 Å². The van der Waals surface area contributed by atoms with E-state index >= 15 is 4.39 Å². The highest BCUT2D eigenvalue weighted by molar-refractivity contribution is 5.50. The number of hydrogen-bond acceptors (Lipinski definition) is 6. The van der Waals surface area contributed by atoms with Gasteiger partial charge in [0, 0.05) is 49.0 Å². The van der Waals surface area contributed by atoms with Gasteiger partial charge in [0.15, 0.2) is 23.7 Å². The Morgan fingerprint density at radius 2 is 1.54 bits per heavy atom. The third kappa shape index (κ3) is 6.69. The summed E-state index contributed by atoms with van der Waals surface area (Å²) in [5.74, 6) is -4.12. The molecule has 0 bridgehead atoms. The zero-order valence-electron chi connectivity index (χ0n) is 25.9. The lowest BCUT2D eigenvalue weighted by molar-refractivity contribution is -0.138. The number of halogens is 7. The second-order valence-corrected chi connectivity index (χ2v) is 11.3. The fraction of sp³-hybridized carbons (Fsp3) is 0.333. The number of alkyl halides is 4. The summed E-state index contributed by atoms with van der Waals surface area (Å²) in [7, 11) is 1.05. The average Bonchev–Trinajstić information content (AvgIpc) is 3.06. The molecule has 1 fully saturated rings. The molecule has 0 spiro atoms. The summed E-state index contributed by atoms with van der Waals surface area (Å²) < 4.78 is 107. The third-order valence-electron chi connectivity index (χ3n) is 8.50. The van der Waals surface area contributed by atoms with Gasteiger partial charge in [0.25, 0.3) is 5.56 Å². The van der Waals surface area contributed by atoms with Crippen LogP contribution in [0.4, 0.5) is 36.4 Å². The molecular weight excluding hydrogens is 647 g/mol. The maximum absolute atomic E-state index is 15.6. The summed E-state index contributed by atoms with van der Waals surface area (Å²) in [6.07, 6.45) is -6.94. The summed E-state index contributed by atoms with van der Waals surface area (Å²) >= 11 is 0. The van der Waals surface area contributed by atoms with E-state index in [1.165, 1.54) is 16.7 Å². The van der Waals surface area contributed by atoms with E-state index in [1.54, 1.807) is 30.3 Å². The number of aromatic nitrogens is 2. The number of anilines is 1. The van der Waals surface area contributed by atoms with Crippen LogP contribution in [0.25, 0.3) is 0 Å². The molecule has 15 heteroatoms. The summed E-state index contributed by atoms with van der Waals surface area (Å²) in [5, 5.41) is 0. The predicted molar refractivity (Wildman–Crippen MR) is 164 cm³/mol. The van der Waals surface area contributed by atoms with E-state index in [-0.39, 0.29) is 44.1 Å². The predicted octanol–water partition coefficient (Wildman–Crippen LogP) is 5.30. The van der Waals surface area contributed by atoms with Gasteiger partial charge in [-0.2, -0.15) is 13.2 Å². The van der Waals surface area contributed by atoms with E-state index in [0.29, 0.717) is 11.6 Å². The maximum atomic E-state index is 15.6. The number of hydrogen-bond donors (Lipinski definition) is 1. The largest absolute Gasteiger partial charge is 0.491 e. The molecule has 0 radical (unpaired) electrons. The SMILES string of the molecule is COc1c(F)ccc(C(F)N2CCN(c3c(C)n(Cc4c(F)cccc4C(F)(F)F)c(=O)n(CC(N)c4ccccc4)c3=O)CC2)c1F. The lowest BCUT2D eigenvalue weighted by Gasteiger charge is -2.38. The quantitative estimate of drug-likeness (QED) is 0.191. The molecule has 0 aliphatic carbocycles. The van der Waals surface area contributed by atoms with Gasteiger partial charge >= 0.3 is 11.9 Å². The second kappa shape index (κ2) is 13.8. The highest BCUT2D eigenvalue weighted by atomic mass is 19.4. The number of benzene rings is 3. The van der Waals surface area contributed by atoms with E-state index in [9.17, 15) is 35.9 Å². The number of rotatable bonds is 9. The Balaban J connectivity index is 1.54. The van der Waals surface area contributed by atoms with Crippen LogP contribution in [-0.2, 0) is 19.3 Å². The molecule has 0 amide bonds. The normalized spacial score (nSPS) is 15.4. The smallest absolute Gasteiger partial charge is 0.416 e. The molecule has 5 rings (SSSR count). The molecule has 2 atom stereocenters. The summed E-state index contributed by atoms with van der Waals surface area (Å²) in [5.41, 5.74) is 2.53. The van der Waals surface area contributed by atoms with E-state index < -0.39 is 76.2 Å². The van der Waals surface area contributed by atoms with E-state index in [2.05, 4.69) is 0 Å². The molecular formula is C33H32F7N5O3. The van der Waals surface area contributed by atoms with Gasteiger partial charge in [0.2, 0.25) is 0 Å². The van der Waals surface area contributed by atoms with Crippen molar-refractivity contribution in [1.29, 1.82) is 0 Å². The minimum atomic E-state index is -4.94. The van der Waals surface area contributed by atoms with Crippen LogP contribution in [0.15, 0.2) is 70.3 Å². The zero-order valence-corrected chi connectivity index (χ0v) is 25.9. The van der Waals surface area contributed by atoms with Crippen LogP contribution in [0.5, 0.6) is 5.75 Å². The minimum absolute atomic E-state index is 0.0209. The van der Waals surface area contributed by atoms with Crippen molar-refractivity contribution in [3.63, 3.8) is 0 Å². The number of nitrogens with zero attached hydrogens (tertiary/aromatic N) is 4. The molecule has 2 N–H and O–H groups in total. The molecule has 8 nitrogen and oxygen atoms in total. The van der Waals surface area contributed by atoms with Gasteiger partial charge < -0.3 is 15.4 Å². The fourth-order valence-corrected chi connectivity index (χ4v) is 5.93. The lowest BCUT2D eigenvalue weighted by atomic mass is 10.1. The number of nitrogens with two attached hydrogens (primary N) is 1. The maximum Gasteiger partial charge on any atom is 0.416 e. The van der Waals surface area contributed by atoms with Gasteiger partial charge in [0.1, 0.15) is 11.5 Å². The Morgan fingerprint density at radius 3 is 2.17 bits per heavy atom. The molecule has 1 aliphatic heterocycles. The first-order valence-electron chi connectivity index (χ1n) is 14.9. The molecule has 1 aromatic heterocycles. The topological polar surface area (TPSA) is 85.7 Å². The van der Waals surface area contributed by atoms with Gasteiger partial charge in [-0.25, -0.2) is 22.4 Å². The average molecular weight is 680 g/mol. The van der Waals surface area contributed by atoms with Gasteiger partial charge in [0.05, 0.1) is 25.8 Å². The molecule has 1 aliphatic rings. The number of methoxy groups -OCH3 is 1. The molecule has 4 aromatic rings. The van der Waals surface area contributed by atoms with Crippen LogP contribution in [-0.4, -0.2) is 47.3 Å². The summed E-state index contributed by atoms with van der Waals surface area (Å²) in [6, 6.07) is 12.0. The summed E-state index contributed by atoms with van der Waals surface area (Å²) in [6.45, 7) is -0.00643. The summed E-state index contributed by atoms with van der Waals surface area (Å²) in [4.78, 5) is 30.6. The van der Waals surface area contributed by atoms with E-state index in [1.807, 2.05) is 0 Å². The minimum Gasteiger partial charge on any atom is -0.491 e. The highest BCUT2D eigenvalue weighted by Crippen LogP contribution is 2.35. The van der Waals surface area contributed by atoms with Gasteiger partial charge in [-0.05, 0) is 36.8 Å². The molecule has 2 unspecified atom stereocenters. The van der Waals surface area contributed by atoms with Crippen molar-refractivity contribution in [3.05, 3.63) is 127 Å². The molecule has 3 aromatic carbocycles. The van der Waals surface area contributed by atoms with Crippen LogP contribution in [0, 0.1) is 24.4 Å². The Kier molecular flexibility index (Phi) is 10.0. The van der Waals surface area contributed by atoms with Crippen LogP contribution < -0.4 is 26.6 Å². The van der Waals surface area contributed by atoms with Crippen molar-refractivity contribution in [3.8, 4) is 5.75 Å². The van der Waals surface area contributed by atoms with Crippen molar-refractivity contribution in [2.24, 2.45) is 5.73 Å². The van der Waals surface area contributed by atoms with Crippen LogP contribution in [0.1, 0.15) is 40.3 Å². The van der Waals surface area contributed by atoms with Crippen LogP contribution in [0.2, 0.25) is 0 Å². The van der Waals surface area contributed by atoms with Gasteiger partial charge in [-0.1, -0.05) is 36.4 Å². The standard InChI is InChI=1S/C33H32F7N5O3/c1-19-28(42-13-15-43(16-14-42)30(37)21-11-12-25(35)29(48-2)27(21)36)31(46)45(18-26(41)20-7-4-3-5-8-20)32(47)44(19)17-22-23(33(38,39)40)9-6-10-24(22)34/h3-12,26,30H,13-18,41H2,1-2H3. The Morgan fingerprint density at radius 1 is 0.875 bits per heavy atom. The Labute approximate surface area is 270 Å². The van der Waals surface area contributed by atoms with Crippen molar-refractivity contribution >= 4 is 5.69 Å². The van der Waals surface area contributed by atoms with Crippen LogP contribution in [0.3, 0.4) is 0 Å². The lowest BCUT2D eigenvalue weighted by Crippen LogP contribution is -2.52. The van der Waals surface area contributed by atoms with Crippen molar-refractivity contribution in [2.75, 3.05) is 38.2 Å². The first kappa shape index (κ1) is 34.7. The van der Waals surface area contributed by atoms with Crippen LogP contribution >= 0.6 is 0 Å². The molecule has 2 heterocycles.